The predicted molar refractivity (Wildman–Crippen MR) is 93.1 cm³/mol. The van der Waals surface area contributed by atoms with E-state index in [2.05, 4.69) is 10.3 Å². The quantitative estimate of drug-likeness (QED) is 0.780. The molecule has 2 aromatic rings. The molecule has 1 aromatic carbocycles. The van der Waals surface area contributed by atoms with Crippen molar-refractivity contribution in [2.45, 2.75) is 31.7 Å². The maximum absolute atomic E-state index is 12.3. The van der Waals surface area contributed by atoms with Gasteiger partial charge in [0.2, 0.25) is 5.91 Å². The Balaban J connectivity index is 2.09. The van der Waals surface area contributed by atoms with Gasteiger partial charge >= 0.3 is 0 Å². The number of carbonyl (C=O) groups is 2. The number of aryl methyl sites for hydroxylation is 2. The fraction of sp³-hybridized carbons (Fsp3) is 0.278. The molecule has 24 heavy (non-hydrogen) atoms. The maximum atomic E-state index is 12.3. The lowest BCUT2D eigenvalue weighted by Gasteiger charge is -2.14. The molecule has 0 spiro atoms. The standard InChI is InChI=1S/C18H20N2O3S/c1-3-12-7-5-8-13(4-2)16(12)20-15(21)11-24-17-14(18(22)23)9-6-10-19-17/h5-10H,3-4,11H2,1-2H3,(H,20,21)(H,22,23)/p-1. The Bertz CT molecular complexity index is 725. The van der Waals surface area contributed by atoms with Gasteiger partial charge in [0.15, 0.2) is 0 Å². The van der Waals surface area contributed by atoms with Crippen molar-refractivity contribution < 1.29 is 14.7 Å². The molecule has 0 unspecified atom stereocenters. The number of carbonyl (C=O) groups excluding carboxylic acids is 2. The van der Waals surface area contributed by atoms with Crippen LogP contribution >= 0.6 is 11.8 Å². The zero-order valence-electron chi connectivity index (χ0n) is 13.7. The Hall–Kier alpha value is -2.34. The molecule has 1 heterocycles. The maximum Gasteiger partial charge on any atom is 0.234 e. The molecule has 1 aromatic heterocycles. The summed E-state index contributed by atoms with van der Waals surface area (Å²) >= 11 is 1.09. The van der Waals surface area contributed by atoms with E-state index in [1.165, 1.54) is 18.3 Å². The third kappa shape index (κ3) is 4.35. The number of benzene rings is 1. The molecule has 0 saturated heterocycles. The van der Waals surface area contributed by atoms with Gasteiger partial charge in [0, 0.05) is 17.4 Å². The van der Waals surface area contributed by atoms with E-state index in [0.717, 1.165) is 41.4 Å². The van der Waals surface area contributed by atoms with Gasteiger partial charge in [0.05, 0.1) is 11.7 Å². The smallest absolute Gasteiger partial charge is 0.234 e. The summed E-state index contributed by atoms with van der Waals surface area (Å²) in [5.74, 6) is -1.40. The van der Waals surface area contributed by atoms with Gasteiger partial charge in [0.25, 0.3) is 0 Å². The van der Waals surface area contributed by atoms with Crippen molar-refractivity contribution in [3.05, 3.63) is 53.2 Å². The minimum Gasteiger partial charge on any atom is -0.545 e. The molecule has 0 radical (unpaired) electrons. The highest BCUT2D eigenvalue weighted by atomic mass is 32.2. The van der Waals surface area contributed by atoms with Crippen LogP contribution in [-0.2, 0) is 17.6 Å². The van der Waals surface area contributed by atoms with Gasteiger partial charge in [-0.2, -0.15) is 0 Å². The summed E-state index contributed by atoms with van der Waals surface area (Å²) in [7, 11) is 0. The van der Waals surface area contributed by atoms with Crippen LogP contribution < -0.4 is 10.4 Å². The number of aromatic carboxylic acids is 1. The first-order valence-corrected chi connectivity index (χ1v) is 8.75. The van der Waals surface area contributed by atoms with Gasteiger partial charge in [-0.1, -0.05) is 43.8 Å². The fourth-order valence-corrected chi connectivity index (χ4v) is 3.16. The molecule has 6 heteroatoms. The van der Waals surface area contributed by atoms with E-state index in [1.807, 2.05) is 32.0 Å². The molecule has 0 bridgehead atoms. The Morgan fingerprint density at radius 3 is 2.38 bits per heavy atom. The summed E-state index contributed by atoms with van der Waals surface area (Å²) < 4.78 is 0. The van der Waals surface area contributed by atoms with E-state index in [9.17, 15) is 14.7 Å². The Morgan fingerprint density at radius 1 is 1.12 bits per heavy atom. The number of rotatable bonds is 7. The van der Waals surface area contributed by atoms with Crippen LogP contribution in [0.1, 0.15) is 35.3 Å². The minimum atomic E-state index is -1.30. The number of hydrogen-bond donors (Lipinski definition) is 1. The Morgan fingerprint density at radius 2 is 1.79 bits per heavy atom. The average Bonchev–Trinajstić information content (AvgIpc) is 2.60. The minimum absolute atomic E-state index is 0.00138. The number of nitrogens with one attached hydrogen (secondary N) is 1. The van der Waals surface area contributed by atoms with Crippen molar-refractivity contribution in [2.24, 2.45) is 0 Å². The van der Waals surface area contributed by atoms with E-state index >= 15 is 0 Å². The lowest BCUT2D eigenvalue weighted by molar-refractivity contribution is -0.255. The van der Waals surface area contributed by atoms with Gasteiger partial charge in [-0.3, -0.25) is 4.79 Å². The number of aromatic nitrogens is 1. The first kappa shape index (κ1) is 18.0. The molecule has 0 aliphatic heterocycles. The largest absolute Gasteiger partial charge is 0.545 e. The molecule has 0 atom stereocenters. The van der Waals surface area contributed by atoms with Crippen molar-refractivity contribution in [3.8, 4) is 0 Å². The number of anilines is 1. The van der Waals surface area contributed by atoms with Crippen LogP contribution in [0, 0.1) is 0 Å². The van der Waals surface area contributed by atoms with Crippen molar-refractivity contribution in [3.63, 3.8) is 0 Å². The van der Waals surface area contributed by atoms with Crippen molar-refractivity contribution >= 4 is 29.3 Å². The molecule has 5 nitrogen and oxygen atoms in total. The van der Waals surface area contributed by atoms with Crippen molar-refractivity contribution in [1.29, 1.82) is 0 Å². The van der Waals surface area contributed by atoms with Gasteiger partial charge in [-0.15, -0.1) is 0 Å². The highest BCUT2D eigenvalue weighted by molar-refractivity contribution is 8.00. The second-order valence-corrected chi connectivity index (χ2v) is 6.10. The number of carboxylic acid groups (broad SMARTS) is 1. The summed E-state index contributed by atoms with van der Waals surface area (Å²) in [5, 5.41) is 14.3. The molecule has 0 saturated carbocycles. The van der Waals surface area contributed by atoms with Gasteiger partial charge in [0.1, 0.15) is 5.03 Å². The number of hydrogen-bond acceptors (Lipinski definition) is 5. The second kappa shape index (κ2) is 8.49. The van der Waals surface area contributed by atoms with Crippen LogP contribution in [0.2, 0.25) is 0 Å². The van der Waals surface area contributed by atoms with Crippen LogP contribution in [0.4, 0.5) is 5.69 Å². The summed E-state index contributed by atoms with van der Waals surface area (Å²) in [4.78, 5) is 27.3. The van der Waals surface area contributed by atoms with E-state index in [0.29, 0.717) is 0 Å². The zero-order valence-corrected chi connectivity index (χ0v) is 14.5. The van der Waals surface area contributed by atoms with Gasteiger partial charge < -0.3 is 15.2 Å². The molecule has 1 amide bonds. The monoisotopic (exact) mass is 343 g/mol. The summed E-state index contributed by atoms with van der Waals surface area (Å²) in [6.07, 6.45) is 3.14. The second-order valence-electron chi connectivity index (χ2n) is 5.14. The number of nitrogens with zero attached hydrogens (tertiary/aromatic N) is 1. The molecule has 0 aliphatic rings. The van der Waals surface area contributed by atoms with E-state index in [-0.39, 0.29) is 22.2 Å². The molecule has 2 rings (SSSR count). The molecule has 0 aliphatic carbocycles. The lowest BCUT2D eigenvalue weighted by atomic mass is 10.0. The van der Waals surface area contributed by atoms with Gasteiger partial charge in [-0.05, 0) is 36.1 Å². The van der Waals surface area contributed by atoms with Gasteiger partial charge in [-0.25, -0.2) is 4.98 Å². The summed E-state index contributed by atoms with van der Waals surface area (Å²) in [6, 6.07) is 8.93. The molecule has 126 valence electrons. The summed E-state index contributed by atoms with van der Waals surface area (Å²) in [5.41, 5.74) is 3.02. The topological polar surface area (TPSA) is 82.1 Å². The SMILES string of the molecule is CCc1cccc(CC)c1NC(=O)CSc1ncccc1C(=O)[O-]. The number of carboxylic acids is 1. The van der Waals surface area contributed by atoms with Crippen molar-refractivity contribution in [1.82, 2.24) is 4.98 Å². The number of para-hydroxylation sites is 1. The Kier molecular flexibility index (Phi) is 6.37. The number of amides is 1. The van der Waals surface area contributed by atoms with E-state index in [4.69, 9.17) is 0 Å². The first-order chi connectivity index (χ1) is 11.6. The molecular formula is C18H19N2O3S-. The predicted octanol–water partition coefficient (Wildman–Crippen LogP) is 2.30. The van der Waals surface area contributed by atoms with E-state index in [1.54, 1.807) is 0 Å². The lowest BCUT2D eigenvalue weighted by Crippen LogP contribution is -2.23. The van der Waals surface area contributed by atoms with E-state index < -0.39 is 5.97 Å². The number of pyridine rings is 1. The average molecular weight is 343 g/mol. The number of thioether (sulfide) groups is 1. The van der Waals surface area contributed by atoms with Crippen molar-refractivity contribution in [2.75, 3.05) is 11.1 Å². The van der Waals surface area contributed by atoms with Crippen LogP contribution in [0.5, 0.6) is 0 Å². The summed E-state index contributed by atoms with van der Waals surface area (Å²) in [6.45, 7) is 4.08. The zero-order chi connectivity index (χ0) is 17.5. The first-order valence-electron chi connectivity index (χ1n) is 7.76. The third-order valence-electron chi connectivity index (χ3n) is 3.59. The highest BCUT2D eigenvalue weighted by Gasteiger charge is 2.12. The molecule has 0 fully saturated rings. The molecule has 1 N–H and O–H groups in total. The van der Waals surface area contributed by atoms with Crippen LogP contribution in [0.25, 0.3) is 0 Å². The van der Waals surface area contributed by atoms with Crippen LogP contribution in [-0.4, -0.2) is 22.6 Å². The van der Waals surface area contributed by atoms with Crippen LogP contribution in [0.15, 0.2) is 41.6 Å². The molecular weight excluding hydrogens is 324 g/mol. The van der Waals surface area contributed by atoms with Crippen LogP contribution in [0.3, 0.4) is 0 Å². The Labute approximate surface area is 145 Å². The third-order valence-corrected chi connectivity index (χ3v) is 4.60. The normalized spacial score (nSPS) is 10.4. The highest BCUT2D eigenvalue weighted by Crippen LogP contribution is 2.24. The fourth-order valence-electron chi connectivity index (χ4n) is 2.37.